The first kappa shape index (κ1) is 24.3. The molecule has 0 saturated carbocycles. The largest absolute Gasteiger partial charge is 0.360 e. The van der Waals surface area contributed by atoms with Gasteiger partial charge in [0, 0.05) is 38.3 Å². The molecule has 0 radical (unpaired) electrons. The van der Waals surface area contributed by atoms with E-state index in [0.29, 0.717) is 30.0 Å². The summed E-state index contributed by atoms with van der Waals surface area (Å²) in [5, 5.41) is 14.7. The van der Waals surface area contributed by atoms with Crippen LogP contribution in [0, 0.1) is 14.8 Å². The van der Waals surface area contributed by atoms with Gasteiger partial charge in [0.1, 0.15) is 11.6 Å². The van der Waals surface area contributed by atoms with Crippen molar-refractivity contribution in [3.05, 3.63) is 90.5 Å². The fraction of sp³-hybridized carbons (Fsp3) is 0.208. The van der Waals surface area contributed by atoms with Crippen molar-refractivity contribution in [3.8, 4) is 0 Å². The third-order valence-electron chi connectivity index (χ3n) is 4.92. The number of carbonyl (C=O) groups excluding carboxylic acids is 1. The first-order valence-corrected chi connectivity index (χ1v) is 11.8. The fourth-order valence-corrected chi connectivity index (χ4v) is 4.23. The number of nitrogens with zero attached hydrogens (tertiary/aromatic N) is 1. The molecule has 8 heteroatoms. The minimum atomic E-state index is -0.351. The molecule has 1 amide bonds. The van der Waals surface area contributed by atoms with E-state index in [-0.39, 0.29) is 23.8 Å². The Labute approximate surface area is 208 Å². The van der Waals surface area contributed by atoms with Gasteiger partial charge < -0.3 is 15.2 Å². The van der Waals surface area contributed by atoms with Gasteiger partial charge in [-0.25, -0.2) is 4.39 Å². The number of halogens is 3. The third kappa shape index (κ3) is 6.13. The van der Waals surface area contributed by atoms with E-state index in [1.165, 1.54) is 12.1 Å². The van der Waals surface area contributed by atoms with Crippen molar-refractivity contribution in [1.82, 2.24) is 10.5 Å². The average Bonchev–Trinajstić information content (AvgIpc) is 3.22. The van der Waals surface area contributed by atoms with Gasteiger partial charge in [-0.05, 0) is 89.9 Å². The van der Waals surface area contributed by atoms with Crippen LogP contribution >= 0.6 is 38.5 Å². The number of hydrogen-bond acceptors (Lipinski definition) is 4. The van der Waals surface area contributed by atoms with Crippen molar-refractivity contribution in [2.75, 3.05) is 6.54 Å². The summed E-state index contributed by atoms with van der Waals surface area (Å²) in [6, 6.07) is 12.2. The summed E-state index contributed by atoms with van der Waals surface area (Å²) in [6.45, 7) is 4.09. The Balaban J connectivity index is 1.62. The molecule has 0 atom stereocenters. The molecule has 32 heavy (non-hydrogen) atoms. The molecule has 3 aromatic rings. The number of hydrogen-bond donors (Lipinski definition) is 2. The van der Waals surface area contributed by atoms with Crippen LogP contribution in [-0.4, -0.2) is 23.3 Å². The summed E-state index contributed by atoms with van der Waals surface area (Å²) in [6.07, 6.45) is 2.81. The first-order valence-electron chi connectivity index (χ1n) is 9.97. The molecular weight excluding hydrogens is 588 g/mol. The van der Waals surface area contributed by atoms with Crippen LogP contribution in [0.25, 0.3) is 5.57 Å². The van der Waals surface area contributed by atoms with Gasteiger partial charge in [-0.1, -0.05) is 33.2 Å². The van der Waals surface area contributed by atoms with Gasteiger partial charge in [0.15, 0.2) is 5.69 Å². The van der Waals surface area contributed by atoms with Crippen molar-refractivity contribution in [1.29, 1.82) is 5.41 Å². The van der Waals surface area contributed by atoms with Crippen LogP contribution in [0.1, 0.15) is 53.2 Å². The summed E-state index contributed by atoms with van der Waals surface area (Å²) in [5.41, 5.74) is 3.98. The highest BCUT2D eigenvalue weighted by atomic mass is 127. The standard InChI is InChI=1S/C24H22BrFIN3O2/c1-3-15(21-12-17(25)4-6-20(21)14(2)28)8-9-29-24(31)23-13-19(32-30-23)11-16-10-18(27)5-7-22(16)26/h3-7,10,12-13,28H,8-9,11H2,1-2H3,(H,29,31)/b15-3-,28-14?. The Hall–Kier alpha value is -2.33. The molecule has 0 spiro atoms. The lowest BCUT2D eigenvalue weighted by atomic mass is 9.95. The lowest BCUT2D eigenvalue weighted by Crippen LogP contribution is -2.25. The molecule has 2 N–H and O–H groups in total. The Morgan fingerprint density at radius 1 is 1.25 bits per heavy atom. The van der Waals surface area contributed by atoms with E-state index < -0.39 is 0 Å². The molecule has 0 bridgehead atoms. The highest BCUT2D eigenvalue weighted by Gasteiger charge is 2.15. The average molecular weight is 610 g/mol. The van der Waals surface area contributed by atoms with Crippen molar-refractivity contribution in [2.45, 2.75) is 26.7 Å². The molecule has 0 aliphatic carbocycles. The molecule has 166 valence electrons. The number of amides is 1. The van der Waals surface area contributed by atoms with Gasteiger partial charge in [0.25, 0.3) is 5.91 Å². The molecule has 0 fully saturated rings. The highest BCUT2D eigenvalue weighted by Crippen LogP contribution is 2.26. The highest BCUT2D eigenvalue weighted by molar-refractivity contribution is 14.1. The number of nitrogens with one attached hydrogen (secondary N) is 2. The van der Waals surface area contributed by atoms with Gasteiger partial charge in [-0.15, -0.1) is 0 Å². The van der Waals surface area contributed by atoms with E-state index in [4.69, 9.17) is 9.93 Å². The van der Waals surface area contributed by atoms with Crippen molar-refractivity contribution in [3.63, 3.8) is 0 Å². The van der Waals surface area contributed by atoms with Crippen LogP contribution in [0.5, 0.6) is 0 Å². The lowest BCUT2D eigenvalue weighted by molar-refractivity contribution is 0.0945. The third-order valence-corrected chi connectivity index (χ3v) is 6.09. The number of allylic oxidation sites excluding steroid dienone is 1. The maximum atomic E-state index is 14.0. The molecule has 0 saturated heterocycles. The van der Waals surface area contributed by atoms with Gasteiger partial charge in [-0.2, -0.15) is 0 Å². The molecule has 0 aliphatic heterocycles. The molecule has 0 unspecified atom stereocenters. The second-order valence-electron chi connectivity index (χ2n) is 7.23. The maximum Gasteiger partial charge on any atom is 0.273 e. The predicted octanol–water partition coefficient (Wildman–Crippen LogP) is 6.38. The van der Waals surface area contributed by atoms with Gasteiger partial charge in [0.05, 0.1) is 0 Å². The van der Waals surface area contributed by atoms with Gasteiger partial charge in [-0.3, -0.25) is 4.79 Å². The summed E-state index contributed by atoms with van der Waals surface area (Å²) >= 11 is 5.61. The quantitative estimate of drug-likeness (QED) is 0.230. The van der Waals surface area contributed by atoms with Crippen LogP contribution in [0.15, 0.2) is 57.5 Å². The number of benzene rings is 2. The second kappa shape index (κ2) is 11.0. The van der Waals surface area contributed by atoms with Gasteiger partial charge >= 0.3 is 0 Å². The SMILES string of the molecule is C/C=C(/CCNC(=O)c1cc(Cc2cc(I)ccc2F)on1)c1cc(Br)ccc1C(C)=N. The van der Waals surface area contributed by atoms with E-state index in [1.54, 1.807) is 19.1 Å². The van der Waals surface area contributed by atoms with Crippen molar-refractivity contribution in [2.24, 2.45) is 0 Å². The zero-order valence-electron chi connectivity index (χ0n) is 17.6. The summed E-state index contributed by atoms with van der Waals surface area (Å²) in [7, 11) is 0. The summed E-state index contributed by atoms with van der Waals surface area (Å²) in [4.78, 5) is 12.5. The molecule has 5 nitrogen and oxygen atoms in total. The Bertz CT molecular complexity index is 1190. The zero-order chi connectivity index (χ0) is 23.3. The zero-order valence-corrected chi connectivity index (χ0v) is 21.4. The fourth-order valence-electron chi connectivity index (χ4n) is 3.31. The molecule has 1 heterocycles. The van der Waals surface area contributed by atoms with Crippen LogP contribution in [0.2, 0.25) is 0 Å². The number of aromatic nitrogens is 1. The van der Waals surface area contributed by atoms with Crippen molar-refractivity contribution >= 4 is 55.7 Å². The smallest absolute Gasteiger partial charge is 0.273 e. The Kier molecular flexibility index (Phi) is 8.36. The topological polar surface area (TPSA) is 79.0 Å². The normalized spacial score (nSPS) is 11.5. The van der Waals surface area contributed by atoms with Crippen LogP contribution in [0.3, 0.4) is 0 Å². The monoisotopic (exact) mass is 609 g/mol. The van der Waals surface area contributed by atoms with Crippen LogP contribution < -0.4 is 5.32 Å². The van der Waals surface area contributed by atoms with E-state index in [1.807, 2.05) is 31.2 Å². The summed E-state index contributed by atoms with van der Waals surface area (Å²) < 4.78 is 21.1. The minimum Gasteiger partial charge on any atom is -0.360 e. The van der Waals surface area contributed by atoms with Gasteiger partial charge in [0.2, 0.25) is 0 Å². The minimum absolute atomic E-state index is 0.159. The molecule has 2 aromatic carbocycles. The second-order valence-corrected chi connectivity index (χ2v) is 9.39. The van der Waals surface area contributed by atoms with Crippen molar-refractivity contribution < 1.29 is 13.7 Å². The molecule has 0 aliphatic rings. The van der Waals surface area contributed by atoms with E-state index >= 15 is 0 Å². The maximum absolute atomic E-state index is 14.0. The van der Waals surface area contributed by atoms with Crippen LogP contribution in [-0.2, 0) is 6.42 Å². The predicted molar refractivity (Wildman–Crippen MR) is 136 cm³/mol. The molecule has 1 aromatic heterocycles. The number of carbonyl (C=O) groups is 1. The summed E-state index contributed by atoms with van der Waals surface area (Å²) in [5.74, 6) is -0.250. The molecular formula is C24H22BrFIN3O2. The van der Waals surface area contributed by atoms with E-state index in [9.17, 15) is 9.18 Å². The van der Waals surface area contributed by atoms with Crippen LogP contribution in [0.4, 0.5) is 4.39 Å². The Morgan fingerprint density at radius 2 is 2.03 bits per heavy atom. The lowest BCUT2D eigenvalue weighted by Gasteiger charge is -2.13. The molecule has 3 rings (SSSR count). The number of rotatable bonds is 8. The van der Waals surface area contributed by atoms with E-state index in [2.05, 4.69) is 49.0 Å². The first-order chi connectivity index (χ1) is 15.3. The Morgan fingerprint density at radius 3 is 2.75 bits per heavy atom. The van der Waals surface area contributed by atoms with E-state index in [0.717, 1.165) is 24.7 Å².